The van der Waals surface area contributed by atoms with Crippen molar-refractivity contribution < 1.29 is 4.79 Å². The largest absolute Gasteiger partial charge is 0.358 e. The molecule has 0 aliphatic heterocycles. The first-order valence-electron chi connectivity index (χ1n) is 6.07. The Hall–Kier alpha value is -2.41. The first-order chi connectivity index (χ1) is 9.69. The maximum absolute atomic E-state index is 12.3. The molecule has 0 unspecified atom stereocenters. The van der Waals surface area contributed by atoms with Gasteiger partial charge >= 0.3 is 0 Å². The van der Waals surface area contributed by atoms with Crippen LogP contribution >= 0.6 is 11.3 Å². The van der Waals surface area contributed by atoms with E-state index in [9.17, 15) is 4.79 Å². The zero-order chi connectivity index (χ0) is 14.1. The Balaban J connectivity index is 2.03. The van der Waals surface area contributed by atoms with Crippen LogP contribution in [0.25, 0.3) is 5.65 Å². The van der Waals surface area contributed by atoms with E-state index >= 15 is 0 Å². The van der Waals surface area contributed by atoms with Gasteiger partial charge in [-0.05, 0) is 30.5 Å². The molecule has 2 N–H and O–H groups in total. The third-order valence-corrected chi connectivity index (χ3v) is 3.63. The van der Waals surface area contributed by atoms with E-state index in [1.165, 1.54) is 11.3 Å². The summed E-state index contributed by atoms with van der Waals surface area (Å²) in [6.45, 7) is 1.80. The fraction of sp³-hybridized carbons (Fsp3) is 0.154. The molecule has 3 heterocycles. The molecular weight excluding hydrogens is 274 g/mol. The van der Waals surface area contributed by atoms with Gasteiger partial charge in [0.2, 0.25) is 5.95 Å². The fourth-order valence-electron chi connectivity index (χ4n) is 1.98. The molecule has 1 amide bonds. The Morgan fingerprint density at radius 3 is 2.90 bits per heavy atom. The second-order valence-electron chi connectivity index (χ2n) is 4.20. The maximum atomic E-state index is 12.3. The lowest BCUT2D eigenvalue weighted by Crippen LogP contribution is -2.12. The molecule has 0 saturated heterocycles. The number of fused-ring (bicyclic) bond motifs is 1. The smallest absolute Gasteiger partial charge is 0.260 e. The van der Waals surface area contributed by atoms with Gasteiger partial charge in [-0.1, -0.05) is 0 Å². The van der Waals surface area contributed by atoms with E-state index in [4.69, 9.17) is 0 Å². The highest BCUT2D eigenvalue weighted by atomic mass is 32.1. The number of hydrogen-bond donors (Lipinski definition) is 2. The Bertz CT molecular complexity index is 763. The number of nitrogens with zero attached hydrogens (tertiary/aromatic N) is 3. The van der Waals surface area contributed by atoms with Gasteiger partial charge < -0.3 is 10.6 Å². The van der Waals surface area contributed by atoms with E-state index in [0.29, 0.717) is 23.0 Å². The van der Waals surface area contributed by atoms with Crippen LogP contribution in [0.15, 0.2) is 29.8 Å². The van der Waals surface area contributed by atoms with E-state index in [1.807, 2.05) is 17.5 Å². The van der Waals surface area contributed by atoms with Crippen molar-refractivity contribution in [3.05, 3.63) is 41.2 Å². The molecule has 3 aromatic rings. The predicted molar refractivity (Wildman–Crippen MR) is 79.5 cm³/mol. The Kier molecular flexibility index (Phi) is 3.11. The molecule has 0 aromatic carbocycles. The Morgan fingerprint density at radius 2 is 2.20 bits per heavy atom. The summed E-state index contributed by atoms with van der Waals surface area (Å²) in [5, 5.41) is 8.58. The van der Waals surface area contributed by atoms with Crippen molar-refractivity contribution in [1.82, 2.24) is 14.4 Å². The number of hydrogen-bond acceptors (Lipinski definition) is 5. The minimum absolute atomic E-state index is 0.171. The SMILES string of the molecule is CNc1nc(C)nc2c(C(=O)Nc3cccs3)ccn12. The molecule has 102 valence electrons. The number of amides is 1. The summed E-state index contributed by atoms with van der Waals surface area (Å²) in [5.74, 6) is 1.10. The summed E-state index contributed by atoms with van der Waals surface area (Å²) in [5.41, 5.74) is 1.12. The van der Waals surface area contributed by atoms with Crippen molar-refractivity contribution in [3.8, 4) is 0 Å². The van der Waals surface area contributed by atoms with Gasteiger partial charge in [-0.15, -0.1) is 11.3 Å². The Labute approximate surface area is 119 Å². The number of nitrogens with one attached hydrogen (secondary N) is 2. The van der Waals surface area contributed by atoms with Crippen LogP contribution in [0.2, 0.25) is 0 Å². The summed E-state index contributed by atoms with van der Waals surface area (Å²) in [7, 11) is 1.78. The van der Waals surface area contributed by atoms with Gasteiger partial charge in [0.25, 0.3) is 5.91 Å². The van der Waals surface area contributed by atoms with Gasteiger partial charge in [0, 0.05) is 13.2 Å². The van der Waals surface area contributed by atoms with Crippen molar-refractivity contribution in [1.29, 1.82) is 0 Å². The lowest BCUT2D eigenvalue weighted by atomic mass is 10.3. The summed E-state index contributed by atoms with van der Waals surface area (Å²) in [4.78, 5) is 20.9. The molecular formula is C13H13N5OS. The molecule has 0 atom stereocenters. The highest BCUT2D eigenvalue weighted by Gasteiger charge is 2.15. The highest BCUT2D eigenvalue weighted by Crippen LogP contribution is 2.19. The molecule has 0 aliphatic rings. The van der Waals surface area contributed by atoms with Crippen LogP contribution in [0.4, 0.5) is 10.9 Å². The van der Waals surface area contributed by atoms with Crippen LogP contribution < -0.4 is 10.6 Å². The predicted octanol–water partition coefficient (Wildman–Crippen LogP) is 2.39. The molecule has 3 rings (SSSR count). The van der Waals surface area contributed by atoms with Crippen molar-refractivity contribution in [2.24, 2.45) is 0 Å². The zero-order valence-electron chi connectivity index (χ0n) is 11.0. The molecule has 0 fully saturated rings. The number of thiophene rings is 1. The highest BCUT2D eigenvalue weighted by molar-refractivity contribution is 7.14. The summed E-state index contributed by atoms with van der Waals surface area (Å²) in [6.07, 6.45) is 1.78. The van der Waals surface area contributed by atoms with Gasteiger partial charge in [-0.2, -0.15) is 4.98 Å². The van der Waals surface area contributed by atoms with Gasteiger partial charge in [-0.25, -0.2) is 4.98 Å². The third kappa shape index (κ3) is 2.12. The average molecular weight is 287 g/mol. The van der Waals surface area contributed by atoms with Crippen LogP contribution in [0.5, 0.6) is 0 Å². The molecule has 0 spiro atoms. The molecule has 0 aliphatic carbocycles. The first kappa shape index (κ1) is 12.6. The monoisotopic (exact) mass is 287 g/mol. The van der Waals surface area contributed by atoms with Crippen molar-refractivity contribution in [2.75, 3.05) is 17.7 Å². The quantitative estimate of drug-likeness (QED) is 0.776. The summed E-state index contributed by atoms with van der Waals surface area (Å²) >= 11 is 1.48. The van der Waals surface area contributed by atoms with Crippen molar-refractivity contribution in [3.63, 3.8) is 0 Å². The van der Waals surface area contributed by atoms with Crippen LogP contribution in [0, 0.1) is 6.92 Å². The van der Waals surface area contributed by atoms with E-state index in [0.717, 1.165) is 5.00 Å². The van der Waals surface area contributed by atoms with Gasteiger partial charge in [0.05, 0.1) is 10.6 Å². The maximum Gasteiger partial charge on any atom is 0.260 e. The second kappa shape index (κ2) is 4.93. The topological polar surface area (TPSA) is 71.3 Å². The van der Waals surface area contributed by atoms with Crippen LogP contribution in [0.3, 0.4) is 0 Å². The summed E-state index contributed by atoms with van der Waals surface area (Å²) in [6, 6.07) is 5.50. The molecule has 6 nitrogen and oxygen atoms in total. The first-order valence-corrected chi connectivity index (χ1v) is 6.95. The molecule has 20 heavy (non-hydrogen) atoms. The standard InChI is InChI=1S/C13H13N5OS/c1-8-15-11-9(5-6-18(11)13(14-2)16-8)12(19)17-10-4-3-7-20-10/h3-7H,1-2H3,(H,17,19)(H,14,15,16). The van der Waals surface area contributed by atoms with E-state index in [-0.39, 0.29) is 5.91 Å². The number of aryl methyl sites for hydroxylation is 1. The van der Waals surface area contributed by atoms with Crippen LogP contribution in [-0.2, 0) is 0 Å². The molecule has 0 saturated carbocycles. The minimum Gasteiger partial charge on any atom is -0.358 e. The molecule has 3 aromatic heterocycles. The summed E-state index contributed by atoms with van der Waals surface area (Å²) < 4.78 is 1.76. The normalized spacial score (nSPS) is 10.7. The molecule has 7 heteroatoms. The van der Waals surface area contributed by atoms with Gasteiger partial charge in [0.15, 0.2) is 5.65 Å². The van der Waals surface area contributed by atoms with E-state index in [2.05, 4.69) is 20.6 Å². The average Bonchev–Trinajstić information content (AvgIpc) is 3.06. The van der Waals surface area contributed by atoms with Crippen molar-refractivity contribution in [2.45, 2.75) is 6.92 Å². The molecule has 0 bridgehead atoms. The zero-order valence-corrected chi connectivity index (χ0v) is 11.9. The number of carbonyl (C=O) groups is 1. The van der Waals surface area contributed by atoms with Gasteiger partial charge in [0.1, 0.15) is 5.82 Å². The lowest BCUT2D eigenvalue weighted by molar-refractivity contribution is 0.102. The van der Waals surface area contributed by atoms with Crippen molar-refractivity contribution >= 4 is 33.8 Å². The van der Waals surface area contributed by atoms with Crippen LogP contribution in [-0.4, -0.2) is 27.3 Å². The van der Waals surface area contributed by atoms with Gasteiger partial charge in [-0.3, -0.25) is 9.20 Å². The lowest BCUT2D eigenvalue weighted by Gasteiger charge is -2.06. The number of rotatable bonds is 3. The fourth-order valence-corrected chi connectivity index (χ4v) is 2.59. The second-order valence-corrected chi connectivity index (χ2v) is 5.15. The van der Waals surface area contributed by atoms with E-state index < -0.39 is 0 Å². The Morgan fingerprint density at radius 1 is 1.35 bits per heavy atom. The van der Waals surface area contributed by atoms with Crippen LogP contribution in [0.1, 0.15) is 16.2 Å². The number of carbonyl (C=O) groups excluding carboxylic acids is 1. The number of anilines is 2. The van der Waals surface area contributed by atoms with E-state index in [1.54, 1.807) is 30.6 Å². The molecule has 0 radical (unpaired) electrons. The number of aromatic nitrogens is 3. The minimum atomic E-state index is -0.171. The third-order valence-electron chi connectivity index (χ3n) is 2.85.